The molecule has 26 heavy (non-hydrogen) atoms. The average Bonchev–Trinajstić information content (AvgIpc) is 2.58. The van der Waals surface area contributed by atoms with Crippen LogP contribution in [0.1, 0.15) is 49.8 Å². The van der Waals surface area contributed by atoms with Crippen LogP contribution in [0.25, 0.3) is 6.08 Å². The molecule has 1 atom stereocenters. The van der Waals surface area contributed by atoms with Crippen molar-refractivity contribution in [3.05, 3.63) is 34.4 Å². The van der Waals surface area contributed by atoms with Gasteiger partial charge in [-0.05, 0) is 68.0 Å². The summed E-state index contributed by atoms with van der Waals surface area (Å²) in [7, 11) is 3.65. The van der Waals surface area contributed by atoms with Gasteiger partial charge in [-0.15, -0.1) is 0 Å². The van der Waals surface area contributed by atoms with Crippen molar-refractivity contribution in [1.29, 1.82) is 5.26 Å². The lowest BCUT2D eigenvalue weighted by molar-refractivity contribution is -0.139. The monoisotopic (exact) mass is 356 g/mol. The summed E-state index contributed by atoms with van der Waals surface area (Å²) in [6.07, 6.45) is 2.67. The normalized spacial score (nSPS) is 18.9. The quantitative estimate of drug-likeness (QED) is 0.347. The second-order valence-electron chi connectivity index (χ2n) is 7.54. The molecule has 0 aromatic heterocycles. The fraction of sp³-hybridized carbons (Fsp3) is 0.524. The van der Waals surface area contributed by atoms with Crippen molar-refractivity contribution >= 4 is 17.7 Å². The van der Waals surface area contributed by atoms with E-state index in [1.54, 1.807) is 6.08 Å². The number of aryl methyl sites for hydroxylation is 1. The van der Waals surface area contributed by atoms with E-state index in [1.165, 1.54) is 18.4 Å². The van der Waals surface area contributed by atoms with E-state index >= 15 is 0 Å². The molecule has 5 nitrogen and oxygen atoms in total. The zero-order chi connectivity index (χ0) is 19.5. The molecule has 0 N–H and O–H groups in total. The smallest absolute Gasteiger partial charge is 0.348 e. The van der Waals surface area contributed by atoms with Gasteiger partial charge < -0.3 is 14.4 Å². The molecule has 2 rings (SSSR count). The van der Waals surface area contributed by atoms with Crippen LogP contribution < -0.4 is 4.90 Å². The maximum absolute atomic E-state index is 12.1. The van der Waals surface area contributed by atoms with Crippen LogP contribution in [-0.2, 0) is 14.3 Å². The van der Waals surface area contributed by atoms with Crippen molar-refractivity contribution in [2.24, 2.45) is 0 Å². The van der Waals surface area contributed by atoms with Gasteiger partial charge in [-0.2, -0.15) is 5.26 Å². The first-order valence-corrected chi connectivity index (χ1v) is 8.87. The Balaban J connectivity index is 2.38. The third-order valence-electron chi connectivity index (χ3n) is 5.18. The van der Waals surface area contributed by atoms with Crippen LogP contribution in [0.4, 0.5) is 5.69 Å². The van der Waals surface area contributed by atoms with Gasteiger partial charge in [0.15, 0.2) is 0 Å². The summed E-state index contributed by atoms with van der Waals surface area (Å²) in [6, 6.07) is 6.19. The molecule has 1 aliphatic heterocycles. The Hall–Kier alpha value is -2.32. The number of benzene rings is 1. The molecular formula is C21H28N2O3. The zero-order valence-corrected chi connectivity index (χ0v) is 16.5. The predicted octanol–water partition coefficient (Wildman–Crippen LogP) is 3.81. The van der Waals surface area contributed by atoms with Gasteiger partial charge in [0.05, 0.1) is 6.61 Å². The maximum atomic E-state index is 12.1. The lowest BCUT2D eigenvalue weighted by Crippen LogP contribution is -2.45. The Labute approximate surface area is 156 Å². The molecule has 0 spiro atoms. The number of carbonyl (C=O) groups excluding carboxylic acids is 1. The molecule has 1 aromatic rings. The Morgan fingerprint density at radius 3 is 2.73 bits per heavy atom. The number of fused-ring (bicyclic) bond motifs is 1. The Morgan fingerprint density at radius 2 is 2.12 bits per heavy atom. The SMILES string of the molecule is COCCOC(=O)/C(C#N)=C\c1cc2c(cc1C)N(C)C(C)(C)CC2C. The van der Waals surface area contributed by atoms with E-state index in [2.05, 4.69) is 44.9 Å². The number of methoxy groups -OCH3 is 1. The average molecular weight is 356 g/mol. The number of hydrogen-bond acceptors (Lipinski definition) is 5. The van der Waals surface area contributed by atoms with Crippen LogP contribution in [0.3, 0.4) is 0 Å². The first-order chi connectivity index (χ1) is 12.2. The largest absolute Gasteiger partial charge is 0.459 e. The lowest BCUT2D eigenvalue weighted by Gasteiger charge is -2.45. The number of hydrogen-bond donors (Lipinski definition) is 0. The fourth-order valence-electron chi connectivity index (χ4n) is 3.48. The summed E-state index contributed by atoms with van der Waals surface area (Å²) in [4.78, 5) is 14.4. The lowest BCUT2D eigenvalue weighted by atomic mass is 9.79. The van der Waals surface area contributed by atoms with Gasteiger partial charge in [0.2, 0.25) is 0 Å². The molecule has 140 valence electrons. The van der Waals surface area contributed by atoms with Crippen LogP contribution >= 0.6 is 0 Å². The van der Waals surface area contributed by atoms with Gasteiger partial charge in [-0.1, -0.05) is 6.92 Å². The Bertz CT molecular complexity index is 759. The first kappa shape index (κ1) is 20.0. The number of esters is 1. The Kier molecular flexibility index (Phi) is 6.09. The maximum Gasteiger partial charge on any atom is 0.348 e. The molecule has 1 unspecified atom stereocenters. The number of nitrogens with zero attached hydrogens (tertiary/aromatic N) is 2. The van der Waals surface area contributed by atoms with Gasteiger partial charge in [0.1, 0.15) is 18.2 Å². The molecule has 1 heterocycles. The van der Waals surface area contributed by atoms with E-state index in [-0.39, 0.29) is 17.7 Å². The summed E-state index contributed by atoms with van der Waals surface area (Å²) >= 11 is 0. The molecule has 0 amide bonds. The van der Waals surface area contributed by atoms with Crippen molar-refractivity contribution in [3.8, 4) is 6.07 Å². The van der Waals surface area contributed by atoms with Crippen molar-refractivity contribution in [3.63, 3.8) is 0 Å². The fourth-order valence-corrected chi connectivity index (χ4v) is 3.48. The summed E-state index contributed by atoms with van der Waals surface area (Å²) in [5.41, 5.74) is 4.46. The minimum atomic E-state index is -0.618. The number of ether oxygens (including phenoxy) is 2. The highest BCUT2D eigenvalue weighted by molar-refractivity contribution is 5.98. The molecule has 0 saturated heterocycles. The number of anilines is 1. The minimum Gasteiger partial charge on any atom is -0.459 e. The van der Waals surface area contributed by atoms with Crippen LogP contribution in [0, 0.1) is 18.3 Å². The highest BCUT2D eigenvalue weighted by atomic mass is 16.6. The highest BCUT2D eigenvalue weighted by Crippen LogP contribution is 2.43. The van der Waals surface area contributed by atoms with E-state index in [0.29, 0.717) is 12.5 Å². The van der Waals surface area contributed by atoms with E-state index < -0.39 is 5.97 Å². The van der Waals surface area contributed by atoms with E-state index in [0.717, 1.165) is 17.5 Å². The van der Waals surface area contributed by atoms with Crippen molar-refractivity contribution < 1.29 is 14.3 Å². The van der Waals surface area contributed by atoms with Gasteiger partial charge in [-0.3, -0.25) is 0 Å². The van der Waals surface area contributed by atoms with Gasteiger partial charge in [0.25, 0.3) is 0 Å². The molecule has 0 fully saturated rings. The van der Waals surface area contributed by atoms with E-state index in [4.69, 9.17) is 9.47 Å². The number of nitriles is 1. The molecule has 0 aliphatic carbocycles. The molecule has 1 aromatic carbocycles. The highest BCUT2D eigenvalue weighted by Gasteiger charge is 2.34. The molecule has 5 heteroatoms. The standard InChI is InChI=1S/C21H28N2O3/c1-14-9-19-18(15(2)12-21(3,4)23(19)5)11-16(14)10-17(13-22)20(24)26-8-7-25-6/h9-11,15H,7-8,12H2,1-6H3/b17-10-. The van der Waals surface area contributed by atoms with Crippen molar-refractivity contribution in [2.75, 3.05) is 32.3 Å². The molecule has 0 radical (unpaired) electrons. The van der Waals surface area contributed by atoms with Gasteiger partial charge in [-0.25, -0.2) is 4.79 Å². The zero-order valence-electron chi connectivity index (χ0n) is 16.5. The molecule has 0 saturated carbocycles. The molecular weight excluding hydrogens is 328 g/mol. The summed E-state index contributed by atoms with van der Waals surface area (Å²) in [5.74, 6) is -0.212. The first-order valence-electron chi connectivity index (χ1n) is 8.87. The van der Waals surface area contributed by atoms with E-state index in [1.807, 2.05) is 13.0 Å². The number of rotatable bonds is 5. The molecule has 1 aliphatic rings. The third kappa shape index (κ3) is 4.08. The van der Waals surface area contributed by atoms with Crippen molar-refractivity contribution in [2.45, 2.75) is 45.6 Å². The summed E-state index contributed by atoms with van der Waals surface area (Å²) in [6.45, 7) is 9.16. The molecule has 0 bridgehead atoms. The van der Waals surface area contributed by atoms with Crippen LogP contribution in [0.5, 0.6) is 0 Å². The van der Waals surface area contributed by atoms with Crippen LogP contribution in [0.2, 0.25) is 0 Å². The van der Waals surface area contributed by atoms with Crippen LogP contribution in [-0.4, -0.2) is 38.9 Å². The summed E-state index contributed by atoms with van der Waals surface area (Å²) < 4.78 is 9.92. The van der Waals surface area contributed by atoms with Gasteiger partial charge >= 0.3 is 5.97 Å². The topological polar surface area (TPSA) is 62.6 Å². The van der Waals surface area contributed by atoms with E-state index in [9.17, 15) is 10.1 Å². The third-order valence-corrected chi connectivity index (χ3v) is 5.18. The van der Waals surface area contributed by atoms with Crippen molar-refractivity contribution in [1.82, 2.24) is 0 Å². The number of carbonyl (C=O) groups is 1. The second-order valence-corrected chi connectivity index (χ2v) is 7.54. The van der Waals surface area contributed by atoms with Gasteiger partial charge in [0, 0.05) is 25.4 Å². The predicted molar refractivity (Wildman–Crippen MR) is 103 cm³/mol. The summed E-state index contributed by atoms with van der Waals surface area (Å²) in [5, 5.41) is 9.35. The Morgan fingerprint density at radius 1 is 1.42 bits per heavy atom. The van der Waals surface area contributed by atoms with Crippen LogP contribution in [0.15, 0.2) is 17.7 Å². The second kappa shape index (κ2) is 7.92. The minimum absolute atomic E-state index is 0.00120.